The largest absolute Gasteiger partial charge is 0.481 e. The molecule has 2 rings (SSSR count). The van der Waals surface area contributed by atoms with Crippen LogP contribution < -0.4 is 0 Å². The highest BCUT2D eigenvalue weighted by molar-refractivity contribution is 7.89. The number of halogens is 1. The molecule has 1 aromatic rings. The van der Waals surface area contributed by atoms with E-state index in [1.54, 1.807) is 13.8 Å². The van der Waals surface area contributed by atoms with Crippen LogP contribution >= 0.6 is 11.6 Å². The summed E-state index contributed by atoms with van der Waals surface area (Å²) in [4.78, 5) is 10.7. The fraction of sp³-hybridized carbons (Fsp3) is 0.583. The number of ether oxygens (including phenoxy) is 1. The van der Waals surface area contributed by atoms with Crippen molar-refractivity contribution in [2.24, 2.45) is 0 Å². The van der Waals surface area contributed by atoms with Crippen molar-refractivity contribution >= 4 is 27.6 Å². The zero-order chi connectivity index (χ0) is 15.8. The Morgan fingerprint density at radius 3 is 2.76 bits per heavy atom. The average molecular weight is 338 g/mol. The Kier molecular flexibility index (Phi) is 4.34. The number of furan rings is 1. The van der Waals surface area contributed by atoms with Crippen LogP contribution in [0, 0.1) is 0 Å². The third kappa shape index (κ3) is 3.23. The summed E-state index contributed by atoms with van der Waals surface area (Å²) in [7, 11) is -3.89. The van der Waals surface area contributed by atoms with Gasteiger partial charge in [0, 0.05) is 6.54 Å². The lowest BCUT2D eigenvalue weighted by Crippen LogP contribution is -2.58. The maximum absolute atomic E-state index is 12.7. The van der Waals surface area contributed by atoms with E-state index in [0.29, 0.717) is 0 Å². The molecule has 1 N–H and O–H groups in total. The number of carboxylic acids is 1. The molecule has 21 heavy (non-hydrogen) atoms. The molecule has 7 nitrogen and oxygen atoms in total. The van der Waals surface area contributed by atoms with Crippen LogP contribution in [-0.2, 0) is 19.6 Å². The SMILES string of the molecule is CC1(C)COC(CC(=O)O)CN1S(=O)(=O)c1ccoc1Cl. The molecule has 1 saturated heterocycles. The summed E-state index contributed by atoms with van der Waals surface area (Å²) in [6.07, 6.45) is 0.231. The number of aliphatic carboxylic acids is 1. The molecule has 1 fully saturated rings. The second kappa shape index (κ2) is 5.60. The van der Waals surface area contributed by atoms with Crippen molar-refractivity contribution in [2.75, 3.05) is 13.2 Å². The van der Waals surface area contributed by atoms with Crippen LogP contribution in [0.1, 0.15) is 20.3 Å². The summed E-state index contributed by atoms with van der Waals surface area (Å²) < 4.78 is 36.9. The maximum atomic E-state index is 12.7. The number of hydrogen-bond acceptors (Lipinski definition) is 5. The third-order valence-corrected chi connectivity index (χ3v) is 5.78. The van der Waals surface area contributed by atoms with Crippen molar-refractivity contribution in [1.82, 2.24) is 4.31 Å². The van der Waals surface area contributed by atoms with Crippen molar-refractivity contribution in [2.45, 2.75) is 36.8 Å². The molecule has 0 bridgehead atoms. The van der Waals surface area contributed by atoms with Crippen LogP contribution in [0.5, 0.6) is 0 Å². The van der Waals surface area contributed by atoms with Crippen LogP contribution in [0.2, 0.25) is 5.22 Å². The van der Waals surface area contributed by atoms with Crippen molar-refractivity contribution < 1.29 is 27.5 Å². The molecule has 0 saturated carbocycles. The van der Waals surface area contributed by atoms with Crippen LogP contribution in [0.25, 0.3) is 0 Å². The Hall–Kier alpha value is -1.09. The summed E-state index contributed by atoms with van der Waals surface area (Å²) in [5.41, 5.74) is -0.811. The summed E-state index contributed by atoms with van der Waals surface area (Å²) >= 11 is 5.76. The third-order valence-electron chi connectivity index (χ3n) is 3.27. The fourth-order valence-electron chi connectivity index (χ4n) is 2.21. The lowest BCUT2D eigenvalue weighted by atomic mass is 10.0. The maximum Gasteiger partial charge on any atom is 0.306 e. The first-order chi connectivity index (χ1) is 9.64. The molecule has 118 valence electrons. The van der Waals surface area contributed by atoms with Crippen molar-refractivity contribution in [1.29, 1.82) is 0 Å². The van der Waals surface area contributed by atoms with Gasteiger partial charge >= 0.3 is 5.97 Å². The highest BCUT2D eigenvalue weighted by atomic mass is 35.5. The number of rotatable bonds is 4. The van der Waals surface area contributed by atoms with Gasteiger partial charge < -0.3 is 14.3 Å². The highest BCUT2D eigenvalue weighted by Gasteiger charge is 2.44. The van der Waals surface area contributed by atoms with Gasteiger partial charge in [0.25, 0.3) is 0 Å². The first-order valence-electron chi connectivity index (χ1n) is 6.24. The smallest absolute Gasteiger partial charge is 0.306 e. The Morgan fingerprint density at radius 1 is 1.57 bits per heavy atom. The summed E-state index contributed by atoms with van der Waals surface area (Å²) in [6, 6.07) is 1.27. The van der Waals surface area contributed by atoms with Gasteiger partial charge in [-0.05, 0) is 31.5 Å². The van der Waals surface area contributed by atoms with Crippen LogP contribution in [-0.4, -0.2) is 48.6 Å². The predicted octanol–water partition coefficient (Wildman–Crippen LogP) is 1.58. The molecule has 1 atom stereocenters. The van der Waals surface area contributed by atoms with Crippen LogP contribution in [0.15, 0.2) is 21.6 Å². The molecule has 1 aromatic heterocycles. The first-order valence-corrected chi connectivity index (χ1v) is 8.05. The van der Waals surface area contributed by atoms with E-state index in [1.807, 2.05) is 0 Å². The normalized spacial score (nSPS) is 23.1. The minimum Gasteiger partial charge on any atom is -0.481 e. The topological polar surface area (TPSA) is 97.0 Å². The van der Waals surface area contributed by atoms with Gasteiger partial charge in [-0.2, -0.15) is 4.31 Å². The van der Waals surface area contributed by atoms with Gasteiger partial charge in [-0.1, -0.05) is 0 Å². The first kappa shape index (κ1) is 16.3. The molecule has 1 aliphatic rings. The van der Waals surface area contributed by atoms with E-state index in [-0.39, 0.29) is 29.7 Å². The Bertz CT molecular complexity index is 638. The number of carboxylic acid groups (broad SMARTS) is 1. The predicted molar refractivity (Wildman–Crippen MR) is 73.7 cm³/mol. The van der Waals surface area contributed by atoms with E-state index in [1.165, 1.54) is 16.6 Å². The highest BCUT2D eigenvalue weighted by Crippen LogP contribution is 2.33. The zero-order valence-electron chi connectivity index (χ0n) is 11.6. The van der Waals surface area contributed by atoms with E-state index in [4.69, 9.17) is 25.9 Å². The van der Waals surface area contributed by atoms with Gasteiger partial charge in [-0.3, -0.25) is 4.79 Å². The minimum absolute atomic E-state index is 0.0524. The van der Waals surface area contributed by atoms with E-state index in [0.717, 1.165) is 0 Å². The summed E-state index contributed by atoms with van der Waals surface area (Å²) in [6.45, 7) is 3.45. The minimum atomic E-state index is -3.89. The molecule has 9 heteroatoms. The number of carbonyl (C=O) groups is 1. The van der Waals surface area contributed by atoms with Gasteiger partial charge in [-0.15, -0.1) is 0 Å². The molecule has 0 aliphatic carbocycles. The molecule has 0 radical (unpaired) electrons. The number of hydrogen-bond donors (Lipinski definition) is 1. The van der Waals surface area contributed by atoms with Gasteiger partial charge in [0.15, 0.2) is 0 Å². The quantitative estimate of drug-likeness (QED) is 0.895. The molecule has 1 aliphatic heterocycles. The van der Waals surface area contributed by atoms with Crippen LogP contribution in [0.4, 0.5) is 0 Å². The Morgan fingerprint density at radius 2 is 2.24 bits per heavy atom. The zero-order valence-corrected chi connectivity index (χ0v) is 13.1. The molecule has 0 aromatic carbocycles. The Labute approximate surface area is 127 Å². The number of morpholine rings is 1. The lowest BCUT2D eigenvalue weighted by molar-refractivity contribution is -0.143. The standard InChI is InChI=1S/C12H16ClNO6S/c1-12(2)7-20-8(5-10(15)16)6-14(12)21(17,18)9-3-4-19-11(9)13/h3-4,8H,5-7H2,1-2H3,(H,15,16). The lowest BCUT2D eigenvalue weighted by Gasteiger charge is -2.43. The molecule has 2 heterocycles. The monoisotopic (exact) mass is 337 g/mol. The molecular weight excluding hydrogens is 322 g/mol. The summed E-state index contributed by atoms with van der Waals surface area (Å²) in [5.74, 6) is -1.04. The van der Waals surface area contributed by atoms with Crippen molar-refractivity contribution in [3.8, 4) is 0 Å². The number of nitrogens with zero attached hydrogens (tertiary/aromatic N) is 1. The van der Waals surface area contributed by atoms with E-state index in [9.17, 15) is 13.2 Å². The van der Waals surface area contributed by atoms with Crippen molar-refractivity contribution in [3.63, 3.8) is 0 Å². The van der Waals surface area contributed by atoms with E-state index in [2.05, 4.69) is 0 Å². The number of sulfonamides is 1. The van der Waals surface area contributed by atoms with Gasteiger partial charge in [-0.25, -0.2) is 8.42 Å². The van der Waals surface area contributed by atoms with Gasteiger partial charge in [0.1, 0.15) is 4.90 Å². The van der Waals surface area contributed by atoms with E-state index >= 15 is 0 Å². The fourth-order valence-corrected chi connectivity index (χ4v) is 4.39. The second-order valence-electron chi connectivity index (χ2n) is 5.44. The van der Waals surface area contributed by atoms with Crippen LogP contribution in [0.3, 0.4) is 0 Å². The van der Waals surface area contributed by atoms with Gasteiger partial charge in [0.2, 0.25) is 15.2 Å². The second-order valence-corrected chi connectivity index (χ2v) is 7.61. The molecule has 0 spiro atoms. The molecule has 0 amide bonds. The molecule has 1 unspecified atom stereocenters. The summed E-state index contributed by atoms with van der Waals surface area (Å²) in [5, 5.41) is 8.61. The van der Waals surface area contributed by atoms with E-state index < -0.39 is 27.6 Å². The van der Waals surface area contributed by atoms with Gasteiger partial charge in [0.05, 0.1) is 30.9 Å². The molecular formula is C12H16ClNO6S. The Balaban J connectivity index is 2.34. The average Bonchev–Trinajstić information content (AvgIpc) is 2.77. The van der Waals surface area contributed by atoms with Crippen molar-refractivity contribution in [3.05, 3.63) is 17.5 Å².